The Hall–Kier alpha value is -1.60. The first-order valence-corrected chi connectivity index (χ1v) is 9.58. The van der Waals surface area contributed by atoms with Crippen LogP contribution in [0.2, 0.25) is 0 Å². The summed E-state index contributed by atoms with van der Waals surface area (Å²) in [6.45, 7) is 2.64. The molecule has 2 saturated heterocycles. The van der Waals surface area contributed by atoms with E-state index in [1.54, 1.807) is 6.20 Å². The highest BCUT2D eigenvalue weighted by Crippen LogP contribution is 2.37. The summed E-state index contributed by atoms with van der Waals surface area (Å²) in [6.07, 6.45) is 9.41. The first kappa shape index (κ1) is 16.8. The monoisotopic (exact) mass is 348 g/mol. The predicted octanol–water partition coefficient (Wildman–Crippen LogP) is 2.37. The van der Waals surface area contributed by atoms with Gasteiger partial charge in [-0.15, -0.1) is 0 Å². The Kier molecular flexibility index (Phi) is 4.94. The third-order valence-corrected chi connectivity index (χ3v) is 5.68. The van der Waals surface area contributed by atoms with Gasteiger partial charge in [0.25, 0.3) is 0 Å². The molecule has 7 nitrogen and oxygen atoms in total. The molecule has 4 rings (SSSR count). The number of carbonyl (C=O) groups excluding carboxylic acids is 1. The van der Waals surface area contributed by atoms with Gasteiger partial charge in [0.05, 0.1) is 6.61 Å². The fourth-order valence-electron chi connectivity index (χ4n) is 4.29. The van der Waals surface area contributed by atoms with Gasteiger partial charge >= 0.3 is 6.03 Å². The number of amides is 2. The van der Waals surface area contributed by atoms with E-state index in [0.717, 1.165) is 44.5 Å². The molecule has 2 N–H and O–H groups in total. The number of rotatable bonds is 3. The zero-order chi connectivity index (χ0) is 17.1. The van der Waals surface area contributed by atoms with E-state index in [2.05, 4.69) is 15.5 Å². The van der Waals surface area contributed by atoms with Crippen LogP contribution < -0.4 is 5.32 Å². The summed E-state index contributed by atoms with van der Waals surface area (Å²) in [7, 11) is 0. The maximum Gasteiger partial charge on any atom is 0.317 e. The predicted molar refractivity (Wildman–Crippen MR) is 92.2 cm³/mol. The lowest BCUT2D eigenvalue weighted by Crippen LogP contribution is -2.47. The SMILES string of the molecule is O=C(NC[C@@H]1COC2(CCCCC2)O1)N1CCC[C@H](c2ccn[nH]2)C1. The third-order valence-electron chi connectivity index (χ3n) is 5.68. The number of piperidine rings is 1. The number of likely N-dealkylation sites (tertiary alicyclic amines) is 1. The number of hydrogen-bond acceptors (Lipinski definition) is 4. The van der Waals surface area contributed by atoms with E-state index in [1.807, 2.05) is 11.0 Å². The Morgan fingerprint density at radius 2 is 2.24 bits per heavy atom. The van der Waals surface area contributed by atoms with E-state index in [9.17, 15) is 4.79 Å². The highest BCUT2D eigenvalue weighted by atomic mass is 16.7. The first-order chi connectivity index (χ1) is 12.2. The van der Waals surface area contributed by atoms with Gasteiger partial charge < -0.3 is 19.7 Å². The topological polar surface area (TPSA) is 79.5 Å². The summed E-state index contributed by atoms with van der Waals surface area (Å²) in [6, 6.07) is 2.00. The largest absolute Gasteiger partial charge is 0.347 e. The number of aromatic amines is 1. The summed E-state index contributed by atoms with van der Waals surface area (Å²) in [5, 5.41) is 10.1. The number of H-pyrrole nitrogens is 1. The molecule has 1 aromatic rings. The molecule has 0 radical (unpaired) electrons. The molecule has 138 valence electrons. The van der Waals surface area contributed by atoms with Crippen molar-refractivity contribution < 1.29 is 14.3 Å². The maximum atomic E-state index is 12.5. The van der Waals surface area contributed by atoms with E-state index in [4.69, 9.17) is 9.47 Å². The molecule has 3 fully saturated rings. The first-order valence-electron chi connectivity index (χ1n) is 9.58. The highest BCUT2D eigenvalue weighted by molar-refractivity contribution is 5.74. The van der Waals surface area contributed by atoms with E-state index in [1.165, 1.54) is 19.3 Å². The second-order valence-corrected chi connectivity index (χ2v) is 7.51. The van der Waals surface area contributed by atoms with Crippen molar-refractivity contribution in [2.75, 3.05) is 26.2 Å². The zero-order valence-corrected chi connectivity index (χ0v) is 14.7. The Balaban J connectivity index is 1.25. The number of aromatic nitrogens is 2. The minimum absolute atomic E-state index is 0.00240. The van der Waals surface area contributed by atoms with Crippen LogP contribution in [0.15, 0.2) is 12.3 Å². The van der Waals surface area contributed by atoms with E-state index < -0.39 is 0 Å². The number of urea groups is 1. The lowest BCUT2D eigenvalue weighted by Gasteiger charge is -2.33. The molecule has 1 spiro atoms. The van der Waals surface area contributed by atoms with Gasteiger partial charge in [0.2, 0.25) is 0 Å². The van der Waals surface area contributed by atoms with Crippen LogP contribution in [0.25, 0.3) is 0 Å². The fourth-order valence-corrected chi connectivity index (χ4v) is 4.29. The lowest BCUT2D eigenvalue weighted by atomic mass is 9.94. The van der Waals surface area contributed by atoms with Gasteiger partial charge in [-0.1, -0.05) is 6.42 Å². The molecule has 0 bridgehead atoms. The Labute approximate surface area is 148 Å². The molecule has 2 amide bonds. The number of nitrogens with zero attached hydrogens (tertiary/aromatic N) is 2. The fraction of sp³-hybridized carbons (Fsp3) is 0.778. The van der Waals surface area contributed by atoms with Crippen molar-refractivity contribution in [1.29, 1.82) is 0 Å². The van der Waals surface area contributed by atoms with E-state index >= 15 is 0 Å². The van der Waals surface area contributed by atoms with Crippen LogP contribution >= 0.6 is 0 Å². The van der Waals surface area contributed by atoms with Gasteiger partial charge in [-0.3, -0.25) is 5.10 Å². The molecule has 3 heterocycles. The molecule has 0 unspecified atom stereocenters. The van der Waals surface area contributed by atoms with E-state index in [0.29, 0.717) is 19.1 Å². The normalized spacial score (nSPS) is 29.0. The molecule has 3 aliphatic rings. The second kappa shape index (κ2) is 7.33. The minimum atomic E-state index is -0.371. The van der Waals surface area contributed by atoms with Gasteiger partial charge in [-0.25, -0.2) is 4.79 Å². The summed E-state index contributed by atoms with van der Waals surface area (Å²) < 4.78 is 12.1. The van der Waals surface area contributed by atoms with Crippen LogP contribution in [0, 0.1) is 0 Å². The van der Waals surface area contributed by atoms with Crippen molar-refractivity contribution in [1.82, 2.24) is 20.4 Å². The van der Waals surface area contributed by atoms with Crippen molar-refractivity contribution in [2.45, 2.75) is 62.8 Å². The molecule has 1 aromatic heterocycles. The van der Waals surface area contributed by atoms with Gasteiger partial charge in [0.15, 0.2) is 5.79 Å². The summed E-state index contributed by atoms with van der Waals surface area (Å²) in [5.41, 5.74) is 1.12. The van der Waals surface area contributed by atoms with Crippen LogP contribution in [-0.4, -0.2) is 59.3 Å². The summed E-state index contributed by atoms with van der Waals surface area (Å²) in [5.74, 6) is -0.0247. The van der Waals surface area contributed by atoms with Crippen LogP contribution in [-0.2, 0) is 9.47 Å². The Morgan fingerprint density at radius 1 is 1.36 bits per heavy atom. The average Bonchev–Trinajstić information content (AvgIpc) is 3.31. The standard InChI is InChI=1S/C18H28N4O3/c23-17(22-10-4-5-14(12-22)16-6-9-20-21-16)19-11-15-13-24-18(25-15)7-2-1-3-8-18/h6,9,14-15H,1-5,7-8,10-13H2,(H,19,23)(H,20,21)/t14-,15+/m0/s1. The van der Waals surface area contributed by atoms with Crippen molar-refractivity contribution in [3.8, 4) is 0 Å². The number of carbonyl (C=O) groups is 1. The molecule has 1 aliphatic carbocycles. The van der Waals surface area contributed by atoms with Crippen LogP contribution in [0.4, 0.5) is 4.79 Å². The number of nitrogens with one attached hydrogen (secondary N) is 2. The number of hydrogen-bond donors (Lipinski definition) is 2. The van der Waals surface area contributed by atoms with Gasteiger partial charge in [0, 0.05) is 50.3 Å². The smallest absolute Gasteiger partial charge is 0.317 e. The quantitative estimate of drug-likeness (QED) is 0.879. The van der Waals surface area contributed by atoms with Gasteiger partial charge in [-0.2, -0.15) is 5.10 Å². The molecule has 2 atom stereocenters. The van der Waals surface area contributed by atoms with Crippen molar-refractivity contribution in [2.24, 2.45) is 0 Å². The highest BCUT2D eigenvalue weighted by Gasteiger charge is 2.42. The molecule has 1 saturated carbocycles. The maximum absolute atomic E-state index is 12.5. The van der Waals surface area contributed by atoms with Gasteiger partial charge in [-0.05, 0) is 31.7 Å². The Morgan fingerprint density at radius 3 is 3.04 bits per heavy atom. The zero-order valence-electron chi connectivity index (χ0n) is 14.7. The van der Waals surface area contributed by atoms with Crippen molar-refractivity contribution >= 4 is 6.03 Å². The van der Waals surface area contributed by atoms with E-state index in [-0.39, 0.29) is 17.9 Å². The van der Waals surface area contributed by atoms with Crippen LogP contribution in [0.1, 0.15) is 56.6 Å². The molecule has 0 aromatic carbocycles. The molecule has 7 heteroatoms. The lowest BCUT2D eigenvalue weighted by molar-refractivity contribution is -0.186. The van der Waals surface area contributed by atoms with Gasteiger partial charge in [0.1, 0.15) is 6.10 Å². The van der Waals surface area contributed by atoms with Crippen molar-refractivity contribution in [3.05, 3.63) is 18.0 Å². The van der Waals surface area contributed by atoms with Crippen LogP contribution in [0.5, 0.6) is 0 Å². The molecular weight excluding hydrogens is 320 g/mol. The van der Waals surface area contributed by atoms with Crippen LogP contribution in [0.3, 0.4) is 0 Å². The summed E-state index contributed by atoms with van der Waals surface area (Å²) in [4.78, 5) is 14.4. The number of ether oxygens (including phenoxy) is 2. The molecule has 2 aliphatic heterocycles. The van der Waals surface area contributed by atoms with Crippen molar-refractivity contribution in [3.63, 3.8) is 0 Å². The Bertz CT molecular complexity index is 571. The molecule has 25 heavy (non-hydrogen) atoms. The average molecular weight is 348 g/mol. The minimum Gasteiger partial charge on any atom is -0.347 e. The summed E-state index contributed by atoms with van der Waals surface area (Å²) >= 11 is 0. The second-order valence-electron chi connectivity index (χ2n) is 7.51. The molecular formula is C18H28N4O3. The third kappa shape index (κ3) is 3.82.